The SMILES string of the molecule is CCCC1SC=C(C)C1CCC. The van der Waals surface area contributed by atoms with E-state index in [9.17, 15) is 0 Å². The van der Waals surface area contributed by atoms with Gasteiger partial charge in [0.2, 0.25) is 0 Å². The van der Waals surface area contributed by atoms with Crippen molar-refractivity contribution in [3.63, 3.8) is 0 Å². The van der Waals surface area contributed by atoms with Crippen LogP contribution in [0.5, 0.6) is 0 Å². The van der Waals surface area contributed by atoms with Crippen LogP contribution in [0.4, 0.5) is 0 Å². The zero-order valence-corrected chi connectivity index (χ0v) is 9.29. The van der Waals surface area contributed by atoms with Crippen molar-refractivity contribution in [2.45, 2.75) is 51.7 Å². The molecular weight excluding hydrogens is 164 g/mol. The molecule has 0 aliphatic carbocycles. The highest BCUT2D eigenvalue weighted by Gasteiger charge is 2.26. The molecule has 0 spiro atoms. The molecule has 12 heavy (non-hydrogen) atoms. The molecule has 0 aromatic heterocycles. The first-order chi connectivity index (χ1) is 5.79. The topological polar surface area (TPSA) is 0 Å². The van der Waals surface area contributed by atoms with Gasteiger partial charge in [-0.25, -0.2) is 0 Å². The second-order valence-corrected chi connectivity index (χ2v) is 4.83. The van der Waals surface area contributed by atoms with Gasteiger partial charge in [-0.05, 0) is 31.1 Å². The standard InChI is InChI=1S/C11H20S/c1-4-6-10-9(3)8-12-11(10)7-5-2/h8,10-11H,4-7H2,1-3H3. The first-order valence-corrected chi connectivity index (χ1v) is 6.06. The van der Waals surface area contributed by atoms with Crippen LogP contribution in [0.15, 0.2) is 11.0 Å². The zero-order valence-electron chi connectivity index (χ0n) is 8.47. The monoisotopic (exact) mass is 184 g/mol. The number of hydrogen-bond donors (Lipinski definition) is 0. The number of thioether (sulfide) groups is 1. The Morgan fingerprint density at radius 1 is 1.25 bits per heavy atom. The highest BCUT2D eigenvalue weighted by atomic mass is 32.2. The first kappa shape index (κ1) is 10.2. The average Bonchev–Trinajstić information content (AvgIpc) is 2.37. The first-order valence-electron chi connectivity index (χ1n) is 5.11. The van der Waals surface area contributed by atoms with E-state index >= 15 is 0 Å². The van der Waals surface area contributed by atoms with Crippen LogP contribution in [-0.4, -0.2) is 5.25 Å². The molecule has 0 saturated heterocycles. The Morgan fingerprint density at radius 2 is 1.92 bits per heavy atom. The molecule has 1 aliphatic rings. The third-order valence-corrected chi connectivity index (χ3v) is 4.06. The van der Waals surface area contributed by atoms with Crippen LogP contribution in [0.1, 0.15) is 46.5 Å². The Kier molecular flexibility index (Phi) is 4.20. The fraction of sp³-hybridized carbons (Fsp3) is 0.818. The molecule has 0 aromatic carbocycles. The second kappa shape index (κ2) is 4.96. The van der Waals surface area contributed by atoms with E-state index < -0.39 is 0 Å². The van der Waals surface area contributed by atoms with Gasteiger partial charge in [0, 0.05) is 5.25 Å². The van der Waals surface area contributed by atoms with E-state index in [1.807, 2.05) is 0 Å². The maximum Gasteiger partial charge on any atom is 0.0154 e. The van der Waals surface area contributed by atoms with Crippen molar-refractivity contribution in [2.75, 3.05) is 0 Å². The number of allylic oxidation sites excluding steroid dienone is 1. The van der Waals surface area contributed by atoms with E-state index in [1.165, 1.54) is 25.7 Å². The molecule has 0 radical (unpaired) electrons. The number of hydrogen-bond acceptors (Lipinski definition) is 1. The van der Waals surface area contributed by atoms with Crippen molar-refractivity contribution < 1.29 is 0 Å². The predicted molar refractivity (Wildman–Crippen MR) is 58.4 cm³/mol. The van der Waals surface area contributed by atoms with Crippen LogP contribution in [0, 0.1) is 5.92 Å². The van der Waals surface area contributed by atoms with Gasteiger partial charge in [0.1, 0.15) is 0 Å². The molecule has 0 bridgehead atoms. The lowest BCUT2D eigenvalue weighted by molar-refractivity contribution is 0.511. The Bertz CT molecular complexity index is 160. The number of rotatable bonds is 4. The van der Waals surface area contributed by atoms with Gasteiger partial charge in [-0.3, -0.25) is 0 Å². The fourth-order valence-corrected chi connectivity index (χ4v) is 3.42. The fourth-order valence-electron chi connectivity index (χ4n) is 1.95. The second-order valence-electron chi connectivity index (χ2n) is 3.72. The quantitative estimate of drug-likeness (QED) is 0.630. The van der Waals surface area contributed by atoms with Gasteiger partial charge in [-0.15, -0.1) is 11.8 Å². The molecule has 1 heterocycles. The molecule has 1 heteroatoms. The maximum absolute atomic E-state index is 2.38. The normalized spacial score (nSPS) is 29.1. The molecule has 70 valence electrons. The summed E-state index contributed by atoms with van der Waals surface area (Å²) in [5, 5.41) is 3.27. The lowest BCUT2D eigenvalue weighted by Gasteiger charge is -2.19. The van der Waals surface area contributed by atoms with Crippen LogP contribution in [0.25, 0.3) is 0 Å². The summed E-state index contributed by atoms with van der Waals surface area (Å²) in [6.07, 6.45) is 5.44. The van der Waals surface area contributed by atoms with Gasteiger partial charge in [0.25, 0.3) is 0 Å². The third kappa shape index (κ3) is 2.29. The molecule has 2 atom stereocenters. The van der Waals surface area contributed by atoms with Crippen molar-refractivity contribution in [1.82, 2.24) is 0 Å². The minimum absolute atomic E-state index is 0.889. The van der Waals surface area contributed by atoms with Crippen molar-refractivity contribution in [3.8, 4) is 0 Å². The van der Waals surface area contributed by atoms with E-state index in [2.05, 4.69) is 37.9 Å². The summed E-state index contributed by atoms with van der Waals surface area (Å²) >= 11 is 2.06. The van der Waals surface area contributed by atoms with Gasteiger partial charge in [0.05, 0.1) is 0 Å². The highest BCUT2D eigenvalue weighted by molar-refractivity contribution is 8.03. The van der Waals surface area contributed by atoms with Gasteiger partial charge in [0.15, 0.2) is 0 Å². The average molecular weight is 184 g/mol. The van der Waals surface area contributed by atoms with Gasteiger partial charge < -0.3 is 0 Å². The van der Waals surface area contributed by atoms with E-state index in [4.69, 9.17) is 0 Å². The largest absolute Gasteiger partial charge is 0.130 e. The van der Waals surface area contributed by atoms with E-state index in [1.54, 1.807) is 5.57 Å². The van der Waals surface area contributed by atoms with Crippen molar-refractivity contribution in [2.24, 2.45) is 5.92 Å². The summed E-state index contributed by atoms with van der Waals surface area (Å²) in [7, 11) is 0. The zero-order chi connectivity index (χ0) is 8.97. The minimum atomic E-state index is 0.889. The van der Waals surface area contributed by atoms with Crippen LogP contribution < -0.4 is 0 Å². The minimum Gasteiger partial charge on any atom is -0.130 e. The Morgan fingerprint density at radius 3 is 2.50 bits per heavy atom. The lowest BCUT2D eigenvalue weighted by atomic mass is 9.91. The van der Waals surface area contributed by atoms with Crippen LogP contribution in [0.2, 0.25) is 0 Å². The van der Waals surface area contributed by atoms with E-state index in [0.717, 1.165) is 11.2 Å². The molecule has 0 aromatic rings. The molecule has 0 amide bonds. The van der Waals surface area contributed by atoms with E-state index in [0.29, 0.717) is 0 Å². The van der Waals surface area contributed by atoms with Crippen molar-refractivity contribution in [3.05, 3.63) is 11.0 Å². The van der Waals surface area contributed by atoms with Gasteiger partial charge >= 0.3 is 0 Å². The van der Waals surface area contributed by atoms with Crippen LogP contribution in [0.3, 0.4) is 0 Å². The third-order valence-electron chi connectivity index (χ3n) is 2.64. The molecule has 0 fully saturated rings. The molecule has 0 saturated carbocycles. The van der Waals surface area contributed by atoms with Gasteiger partial charge in [-0.1, -0.05) is 32.3 Å². The van der Waals surface area contributed by atoms with Gasteiger partial charge in [-0.2, -0.15) is 0 Å². The predicted octanol–water partition coefficient (Wildman–Crippen LogP) is 4.22. The molecule has 2 unspecified atom stereocenters. The molecular formula is C11H20S. The summed E-state index contributed by atoms with van der Waals surface area (Å²) in [6.45, 7) is 6.87. The molecule has 0 N–H and O–H groups in total. The van der Waals surface area contributed by atoms with Crippen LogP contribution >= 0.6 is 11.8 Å². The molecule has 1 rings (SSSR count). The van der Waals surface area contributed by atoms with Crippen molar-refractivity contribution in [1.29, 1.82) is 0 Å². The smallest absolute Gasteiger partial charge is 0.0154 e. The Labute approximate surface area is 80.8 Å². The summed E-state index contributed by atoms with van der Waals surface area (Å²) in [6, 6.07) is 0. The Hall–Kier alpha value is 0.0900. The molecule has 1 aliphatic heterocycles. The summed E-state index contributed by atoms with van der Waals surface area (Å²) < 4.78 is 0. The van der Waals surface area contributed by atoms with Crippen LogP contribution in [-0.2, 0) is 0 Å². The summed E-state index contributed by atoms with van der Waals surface area (Å²) in [5.74, 6) is 0.889. The molecule has 0 nitrogen and oxygen atoms in total. The summed E-state index contributed by atoms with van der Waals surface area (Å²) in [5.41, 5.74) is 1.63. The summed E-state index contributed by atoms with van der Waals surface area (Å²) in [4.78, 5) is 0. The van der Waals surface area contributed by atoms with Crippen molar-refractivity contribution >= 4 is 11.8 Å². The van der Waals surface area contributed by atoms with E-state index in [-0.39, 0.29) is 0 Å². The maximum atomic E-state index is 2.38. The lowest BCUT2D eigenvalue weighted by Crippen LogP contribution is -2.13. The highest BCUT2D eigenvalue weighted by Crippen LogP contribution is 2.40. The Balaban J connectivity index is 2.45.